The highest BCUT2D eigenvalue weighted by Gasteiger charge is 2.01. The van der Waals surface area contributed by atoms with Crippen molar-refractivity contribution in [3.8, 4) is 0 Å². The standard InChI is InChI=1S/C11H16N4O/c12-8-3-4-9-10(7-8)15-11(14-9)13-5-1-2-6-16/h3-4,7,16H,1-2,5-6,12H2,(H2,13,14,15). The molecule has 16 heavy (non-hydrogen) atoms. The normalized spacial score (nSPS) is 10.8. The lowest BCUT2D eigenvalue weighted by Gasteiger charge is -2.00. The molecule has 0 aliphatic heterocycles. The minimum Gasteiger partial charge on any atom is -0.399 e. The molecule has 1 heterocycles. The van der Waals surface area contributed by atoms with Crippen molar-refractivity contribution in [1.29, 1.82) is 0 Å². The van der Waals surface area contributed by atoms with Crippen molar-refractivity contribution in [2.45, 2.75) is 12.8 Å². The second kappa shape index (κ2) is 4.85. The van der Waals surface area contributed by atoms with Crippen molar-refractivity contribution in [2.75, 3.05) is 24.2 Å². The van der Waals surface area contributed by atoms with E-state index >= 15 is 0 Å². The van der Waals surface area contributed by atoms with Crippen LogP contribution in [0.3, 0.4) is 0 Å². The zero-order valence-electron chi connectivity index (χ0n) is 9.03. The van der Waals surface area contributed by atoms with E-state index in [9.17, 15) is 0 Å². The first kappa shape index (κ1) is 10.8. The predicted molar refractivity (Wildman–Crippen MR) is 65.3 cm³/mol. The van der Waals surface area contributed by atoms with Gasteiger partial charge in [-0.1, -0.05) is 0 Å². The summed E-state index contributed by atoms with van der Waals surface area (Å²) in [5.74, 6) is 0.749. The Hall–Kier alpha value is -1.75. The number of nitrogens with one attached hydrogen (secondary N) is 2. The monoisotopic (exact) mass is 220 g/mol. The second-order valence-corrected chi connectivity index (χ2v) is 3.72. The molecule has 0 amide bonds. The first-order valence-electron chi connectivity index (χ1n) is 5.39. The molecule has 0 bridgehead atoms. The number of unbranched alkanes of at least 4 members (excludes halogenated alkanes) is 1. The Kier molecular flexibility index (Phi) is 3.26. The fourth-order valence-corrected chi connectivity index (χ4v) is 1.55. The fraction of sp³-hybridized carbons (Fsp3) is 0.364. The number of aliphatic hydroxyl groups is 1. The fourth-order valence-electron chi connectivity index (χ4n) is 1.55. The van der Waals surface area contributed by atoms with Crippen LogP contribution in [0.1, 0.15) is 12.8 Å². The van der Waals surface area contributed by atoms with Crippen LogP contribution in [-0.2, 0) is 0 Å². The quantitative estimate of drug-likeness (QED) is 0.452. The number of imidazole rings is 1. The molecule has 5 heteroatoms. The van der Waals surface area contributed by atoms with Crippen LogP contribution < -0.4 is 11.1 Å². The number of anilines is 2. The molecule has 0 aliphatic carbocycles. The Morgan fingerprint density at radius 2 is 2.25 bits per heavy atom. The number of nitrogen functional groups attached to an aromatic ring is 1. The molecule has 5 nitrogen and oxygen atoms in total. The van der Waals surface area contributed by atoms with Gasteiger partial charge in [0, 0.05) is 18.8 Å². The molecular weight excluding hydrogens is 204 g/mol. The van der Waals surface area contributed by atoms with Gasteiger partial charge in [0.15, 0.2) is 0 Å². The van der Waals surface area contributed by atoms with Crippen molar-refractivity contribution in [1.82, 2.24) is 9.97 Å². The van der Waals surface area contributed by atoms with Crippen molar-refractivity contribution >= 4 is 22.7 Å². The molecule has 0 radical (unpaired) electrons. The van der Waals surface area contributed by atoms with E-state index in [0.29, 0.717) is 0 Å². The summed E-state index contributed by atoms with van der Waals surface area (Å²) in [4.78, 5) is 7.52. The topological polar surface area (TPSA) is 87.0 Å². The minimum atomic E-state index is 0.234. The molecule has 1 aromatic heterocycles. The van der Waals surface area contributed by atoms with Gasteiger partial charge in [-0.3, -0.25) is 0 Å². The zero-order chi connectivity index (χ0) is 11.4. The highest BCUT2D eigenvalue weighted by molar-refractivity contribution is 5.80. The summed E-state index contributed by atoms with van der Waals surface area (Å²) in [6, 6.07) is 5.58. The van der Waals surface area contributed by atoms with Crippen molar-refractivity contribution in [3.63, 3.8) is 0 Å². The summed E-state index contributed by atoms with van der Waals surface area (Å²) in [6.07, 6.45) is 1.73. The smallest absolute Gasteiger partial charge is 0.201 e. The van der Waals surface area contributed by atoms with Crippen molar-refractivity contribution in [2.24, 2.45) is 0 Å². The number of aromatic amines is 1. The molecule has 0 saturated carbocycles. The third kappa shape index (κ3) is 2.43. The number of hydrogen-bond donors (Lipinski definition) is 4. The largest absolute Gasteiger partial charge is 0.399 e. The second-order valence-electron chi connectivity index (χ2n) is 3.72. The summed E-state index contributed by atoms with van der Waals surface area (Å²) in [7, 11) is 0. The van der Waals surface area contributed by atoms with Crippen molar-refractivity contribution in [3.05, 3.63) is 18.2 Å². The molecule has 5 N–H and O–H groups in total. The molecule has 2 aromatic rings. The van der Waals surface area contributed by atoms with Gasteiger partial charge >= 0.3 is 0 Å². The van der Waals surface area contributed by atoms with Gasteiger partial charge in [0.2, 0.25) is 5.95 Å². The molecule has 0 saturated heterocycles. The number of hydrogen-bond acceptors (Lipinski definition) is 4. The van der Waals surface area contributed by atoms with Crippen LogP contribution in [-0.4, -0.2) is 28.2 Å². The van der Waals surface area contributed by atoms with Crippen LogP contribution in [0.25, 0.3) is 11.0 Å². The lowest BCUT2D eigenvalue weighted by molar-refractivity contribution is 0.286. The summed E-state index contributed by atoms with van der Waals surface area (Å²) < 4.78 is 0. The lowest BCUT2D eigenvalue weighted by Crippen LogP contribution is -2.03. The van der Waals surface area contributed by atoms with E-state index in [1.165, 1.54) is 0 Å². The van der Waals surface area contributed by atoms with E-state index in [-0.39, 0.29) is 6.61 Å². The minimum absolute atomic E-state index is 0.234. The Labute approximate surface area is 93.7 Å². The molecule has 2 rings (SSSR count). The van der Waals surface area contributed by atoms with Gasteiger partial charge in [-0.25, -0.2) is 4.98 Å². The average molecular weight is 220 g/mol. The maximum Gasteiger partial charge on any atom is 0.201 e. The number of benzene rings is 1. The Morgan fingerprint density at radius 1 is 1.38 bits per heavy atom. The number of aliphatic hydroxyl groups excluding tert-OH is 1. The van der Waals surface area contributed by atoms with E-state index in [1.807, 2.05) is 18.2 Å². The Morgan fingerprint density at radius 3 is 3.06 bits per heavy atom. The van der Waals surface area contributed by atoms with Crippen LogP contribution in [0.15, 0.2) is 18.2 Å². The molecule has 0 fully saturated rings. The number of fused-ring (bicyclic) bond motifs is 1. The van der Waals surface area contributed by atoms with E-state index in [0.717, 1.165) is 42.1 Å². The summed E-state index contributed by atoms with van der Waals surface area (Å²) in [5.41, 5.74) is 8.24. The molecule has 86 valence electrons. The highest BCUT2D eigenvalue weighted by atomic mass is 16.2. The third-order valence-corrected chi connectivity index (χ3v) is 2.38. The maximum atomic E-state index is 8.64. The van der Waals surface area contributed by atoms with Gasteiger partial charge in [-0.15, -0.1) is 0 Å². The Bertz CT molecular complexity index is 466. The average Bonchev–Trinajstić information content (AvgIpc) is 2.66. The predicted octanol–water partition coefficient (Wildman–Crippen LogP) is 1.33. The molecule has 0 unspecified atom stereocenters. The van der Waals surface area contributed by atoms with Gasteiger partial charge in [0.05, 0.1) is 11.0 Å². The first-order chi connectivity index (χ1) is 7.79. The van der Waals surface area contributed by atoms with Crippen LogP contribution in [0.5, 0.6) is 0 Å². The molecular formula is C11H16N4O. The SMILES string of the molecule is Nc1ccc2nc(NCCCCO)[nH]c2c1. The van der Waals surface area contributed by atoms with Gasteiger partial charge in [0.1, 0.15) is 0 Å². The molecule has 1 aromatic carbocycles. The first-order valence-corrected chi connectivity index (χ1v) is 5.39. The number of aromatic nitrogens is 2. The molecule has 0 aliphatic rings. The number of nitrogens with two attached hydrogens (primary N) is 1. The third-order valence-electron chi connectivity index (χ3n) is 2.38. The maximum absolute atomic E-state index is 8.64. The van der Waals surface area contributed by atoms with E-state index in [1.54, 1.807) is 0 Å². The van der Waals surface area contributed by atoms with Gasteiger partial charge in [-0.05, 0) is 31.0 Å². The Balaban J connectivity index is 2.02. The van der Waals surface area contributed by atoms with E-state index < -0.39 is 0 Å². The molecule has 0 atom stereocenters. The van der Waals surface area contributed by atoms with Crippen LogP contribution in [0.2, 0.25) is 0 Å². The zero-order valence-corrected chi connectivity index (χ0v) is 9.03. The summed E-state index contributed by atoms with van der Waals surface area (Å²) in [6.45, 7) is 1.04. The number of nitrogens with zero attached hydrogens (tertiary/aromatic N) is 1. The van der Waals surface area contributed by atoms with E-state index in [2.05, 4.69) is 15.3 Å². The van der Waals surface area contributed by atoms with Crippen molar-refractivity contribution < 1.29 is 5.11 Å². The highest BCUT2D eigenvalue weighted by Crippen LogP contribution is 2.16. The lowest BCUT2D eigenvalue weighted by atomic mass is 10.3. The van der Waals surface area contributed by atoms with Crippen LogP contribution >= 0.6 is 0 Å². The van der Waals surface area contributed by atoms with Gasteiger partial charge in [-0.2, -0.15) is 0 Å². The number of H-pyrrole nitrogens is 1. The van der Waals surface area contributed by atoms with Crippen LogP contribution in [0, 0.1) is 0 Å². The van der Waals surface area contributed by atoms with E-state index in [4.69, 9.17) is 10.8 Å². The summed E-state index contributed by atoms with van der Waals surface area (Å²) in [5, 5.41) is 11.8. The number of rotatable bonds is 5. The van der Waals surface area contributed by atoms with Gasteiger partial charge < -0.3 is 21.1 Å². The molecule has 0 spiro atoms. The van der Waals surface area contributed by atoms with Crippen LogP contribution in [0.4, 0.5) is 11.6 Å². The summed E-state index contributed by atoms with van der Waals surface area (Å²) >= 11 is 0. The van der Waals surface area contributed by atoms with Gasteiger partial charge in [0.25, 0.3) is 0 Å².